The number of hydrogen-bond donors (Lipinski definition) is 1. The van der Waals surface area contributed by atoms with Crippen molar-refractivity contribution in [1.82, 2.24) is 5.32 Å². The van der Waals surface area contributed by atoms with Crippen LogP contribution >= 0.6 is 0 Å². The van der Waals surface area contributed by atoms with Crippen LogP contribution in [0.25, 0.3) is 0 Å². The Morgan fingerprint density at radius 3 is 2.00 bits per heavy atom. The Bertz CT molecular complexity index is 107. The summed E-state index contributed by atoms with van der Waals surface area (Å²) in [7, 11) is 0. The molecule has 1 heteroatoms. The lowest BCUT2D eigenvalue weighted by Crippen LogP contribution is -2.38. The SMILES string of the molecule is CC.CCC(CC)NC1CCCCC1.[HH]. The minimum absolute atomic E-state index is 0. The lowest BCUT2D eigenvalue weighted by molar-refractivity contribution is 0.327. The maximum Gasteiger partial charge on any atom is 0.00696 e. The zero-order valence-electron chi connectivity index (χ0n) is 10.6. The van der Waals surface area contributed by atoms with Crippen LogP contribution in [0.5, 0.6) is 0 Å². The Labute approximate surface area is 92.2 Å². The Morgan fingerprint density at radius 2 is 1.57 bits per heavy atom. The molecule has 0 atom stereocenters. The van der Waals surface area contributed by atoms with Crippen LogP contribution in [0.3, 0.4) is 0 Å². The van der Waals surface area contributed by atoms with Crippen LogP contribution in [0, 0.1) is 0 Å². The van der Waals surface area contributed by atoms with Crippen LogP contribution in [0.15, 0.2) is 0 Å². The maximum atomic E-state index is 3.76. The van der Waals surface area contributed by atoms with Crippen LogP contribution in [0.1, 0.15) is 74.1 Å². The van der Waals surface area contributed by atoms with Crippen LogP contribution in [-0.2, 0) is 0 Å². The number of hydrogen-bond acceptors (Lipinski definition) is 1. The van der Waals surface area contributed by atoms with Gasteiger partial charge < -0.3 is 5.32 Å². The third kappa shape index (κ3) is 5.64. The second-order valence-electron chi connectivity index (χ2n) is 4.02. The standard InChI is InChI=1S/C11H23N.C2H6.H2/c1-3-10(4-2)12-11-8-6-5-7-9-11;1-2;/h10-12H,3-9H2,1-2H3;1-2H3;1H. The second-order valence-corrected chi connectivity index (χ2v) is 4.02. The van der Waals surface area contributed by atoms with E-state index in [1.165, 1.54) is 44.9 Å². The average Bonchev–Trinajstić information content (AvgIpc) is 2.30. The van der Waals surface area contributed by atoms with Gasteiger partial charge in [-0.15, -0.1) is 0 Å². The molecule has 1 nitrogen and oxygen atoms in total. The lowest BCUT2D eigenvalue weighted by atomic mass is 9.94. The molecule has 0 amide bonds. The van der Waals surface area contributed by atoms with E-state index in [0.29, 0.717) is 0 Å². The summed E-state index contributed by atoms with van der Waals surface area (Å²) in [6.07, 6.45) is 9.74. The fourth-order valence-electron chi connectivity index (χ4n) is 2.13. The van der Waals surface area contributed by atoms with Gasteiger partial charge in [0.1, 0.15) is 0 Å². The summed E-state index contributed by atoms with van der Waals surface area (Å²) >= 11 is 0. The molecule has 0 aliphatic heterocycles. The first-order valence-electron chi connectivity index (χ1n) is 6.62. The largest absolute Gasteiger partial charge is 0.311 e. The summed E-state index contributed by atoms with van der Waals surface area (Å²) in [6, 6.07) is 1.61. The lowest BCUT2D eigenvalue weighted by Gasteiger charge is -2.27. The molecule has 0 aromatic carbocycles. The fourth-order valence-corrected chi connectivity index (χ4v) is 2.13. The van der Waals surface area contributed by atoms with Crippen molar-refractivity contribution in [3.8, 4) is 0 Å². The zero-order valence-corrected chi connectivity index (χ0v) is 10.6. The van der Waals surface area contributed by atoms with Gasteiger partial charge in [-0.05, 0) is 25.7 Å². The maximum absolute atomic E-state index is 3.76. The quantitative estimate of drug-likeness (QED) is 0.712. The van der Waals surface area contributed by atoms with Gasteiger partial charge in [0.2, 0.25) is 0 Å². The average molecular weight is 201 g/mol. The predicted molar refractivity (Wildman–Crippen MR) is 67.8 cm³/mol. The first-order chi connectivity index (χ1) is 6.86. The summed E-state index contributed by atoms with van der Waals surface area (Å²) in [5, 5.41) is 3.76. The first kappa shape index (κ1) is 14.0. The van der Waals surface area contributed by atoms with Crippen LogP contribution in [-0.4, -0.2) is 12.1 Å². The third-order valence-corrected chi connectivity index (χ3v) is 3.06. The van der Waals surface area contributed by atoms with Crippen molar-refractivity contribution in [2.24, 2.45) is 0 Å². The van der Waals surface area contributed by atoms with E-state index in [1.807, 2.05) is 13.8 Å². The molecule has 1 N–H and O–H groups in total. The highest BCUT2D eigenvalue weighted by Crippen LogP contribution is 2.18. The number of nitrogens with one attached hydrogen (secondary N) is 1. The summed E-state index contributed by atoms with van der Waals surface area (Å²) < 4.78 is 0. The Hall–Kier alpha value is -0.0400. The highest BCUT2D eigenvalue weighted by molar-refractivity contribution is 4.75. The van der Waals surface area contributed by atoms with Gasteiger partial charge in [0.15, 0.2) is 0 Å². The van der Waals surface area contributed by atoms with E-state index in [4.69, 9.17) is 0 Å². The van der Waals surface area contributed by atoms with Crippen LogP contribution in [0.4, 0.5) is 0 Å². The molecule has 0 bridgehead atoms. The van der Waals surface area contributed by atoms with Crippen molar-refractivity contribution in [3.05, 3.63) is 0 Å². The van der Waals surface area contributed by atoms with E-state index in [-0.39, 0.29) is 1.43 Å². The van der Waals surface area contributed by atoms with E-state index in [1.54, 1.807) is 0 Å². The molecule has 1 fully saturated rings. The van der Waals surface area contributed by atoms with Crippen molar-refractivity contribution in [2.75, 3.05) is 0 Å². The van der Waals surface area contributed by atoms with Crippen LogP contribution < -0.4 is 5.32 Å². The fraction of sp³-hybridized carbons (Fsp3) is 1.00. The minimum atomic E-state index is 0. The molecule has 1 rings (SSSR count). The predicted octanol–water partition coefficient (Wildman–Crippen LogP) is 4.37. The van der Waals surface area contributed by atoms with Crippen molar-refractivity contribution in [3.63, 3.8) is 0 Å². The molecule has 1 saturated carbocycles. The molecule has 14 heavy (non-hydrogen) atoms. The van der Waals surface area contributed by atoms with Gasteiger partial charge in [-0.25, -0.2) is 0 Å². The molecule has 0 radical (unpaired) electrons. The molecule has 1 aliphatic rings. The molecule has 1 aliphatic carbocycles. The van der Waals surface area contributed by atoms with E-state index in [2.05, 4.69) is 19.2 Å². The summed E-state index contributed by atoms with van der Waals surface area (Å²) in [6.45, 7) is 8.56. The van der Waals surface area contributed by atoms with Crippen molar-refractivity contribution in [2.45, 2.75) is 84.7 Å². The topological polar surface area (TPSA) is 12.0 Å². The van der Waals surface area contributed by atoms with Gasteiger partial charge in [-0.1, -0.05) is 47.0 Å². The van der Waals surface area contributed by atoms with Gasteiger partial charge in [-0.2, -0.15) is 0 Å². The molecular formula is C13H31N. The molecule has 0 aromatic heterocycles. The van der Waals surface area contributed by atoms with E-state index in [0.717, 1.165) is 12.1 Å². The Balaban J connectivity index is 0. The summed E-state index contributed by atoms with van der Waals surface area (Å²) in [5.74, 6) is 0. The van der Waals surface area contributed by atoms with Gasteiger partial charge >= 0.3 is 0 Å². The molecule has 0 aromatic rings. The van der Waals surface area contributed by atoms with E-state index in [9.17, 15) is 0 Å². The number of rotatable bonds is 4. The zero-order chi connectivity index (χ0) is 10.8. The van der Waals surface area contributed by atoms with E-state index >= 15 is 0 Å². The molecule has 0 saturated heterocycles. The van der Waals surface area contributed by atoms with Crippen LogP contribution in [0.2, 0.25) is 0 Å². The highest BCUT2D eigenvalue weighted by atomic mass is 14.9. The summed E-state index contributed by atoms with van der Waals surface area (Å²) in [5.41, 5.74) is 0. The van der Waals surface area contributed by atoms with Gasteiger partial charge in [0.25, 0.3) is 0 Å². The smallest absolute Gasteiger partial charge is 0.00696 e. The summed E-state index contributed by atoms with van der Waals surface area (Å²) in [4.78, 5) is 0. The van der Waals surface area contributed by atoms with Crippen molar-refractivity contribution < 1.29 is 1.43 Å². The van der Waals surface area contributed by atoms with Crippen molar-refractivity contribution >= 4 is 0 Å². The van der Waals surface area contributed by atoms with Gasteiger partial charge in [0, 0.05) is 13.5 Å². The van der Waals surface area contributed by atoms with E-state index < -0.39 is 0 Å². The molecule has 88 valence electrons. The minimum Gasteiger partial charge on any atom is -0.311 e. The van der Waals surface area contributed by atoms with Crippen molar-refractivity contribution in [1.29, 1.82) is 0 Å². The first-order valence-corrected chi connectivity index (χ1v) is 6.62. The van der Waals surface area contributed by atoms with Gasteiger partial charge in [0.05, 0.1) is 0 Å². The monoisotopic (exact) mass is 201 g/mol. The Kier molecular flexibility index (Phi) is 9.49. The molecule has 0 heterocycles. The molecular weight excluding hydrogens is 170 g/mol. The van der Waals surface area contributed by atoms with Gasteiger partial charge in [-0.3, -0.25) is 0 Å². The highest BCUT2D eigenvalue weighted by Gasteiger charge is 2.15. The second kappa shape index (κ2) is 9.51. The molecule has 0 spiro atoms. The molecule has 0 unspecified atom stereocenters. The third-order valence-electron chi connectivity index (χ3n) is 3.06. The Morgan fingerprint density at radius 1 is 1.07 bits per heavy atom. The normalized spacial score (nSPS) is 17.8.